The van der Waals surface area contributed by atoms with E-state index in [4.69, 9.17) is 9.84 Å². The molecule has 3 N–H and O–H groups in total. The van der Waals surface area contributed by atoms with Crippen LogP contribution >= 0.6 is 0 Å². The fraction of sp³-hybridized carbons (Fsp3) is 0.500. The highest BCUT2D eigenvalue weighted by molar-refractivity contribution is 5.74. The van der Waals surface area contributed by atoms with E-state index >= 15 is 0 Å². The van der Waals surface area contributed by atoms with Crippen LogP contribution in [0.25, 0.3) is 0 Å². The predicted molar refractivity (Wildman–Crippen MR) is 74.1 cm³/mol. The number of aliphatic hydroxyl groups excluding tert-OH is 1. The van der Waals surface area contributed by atoms with Gasteiger partial charge < -0.3 is 20.5 Å². The number of aliphatic hydroxyl groups is 1. The number of amides is 2. The second-order valence-corrected chi connectivity index (χ2v) is 4.93. The Morgan fingerprint density at radius 3 is 2.47 bits per heavy atom. The van der Waals surface area contributed by atoms with Crippen LogP contribution in [0.2, 0.25) is 0 Å². The molecule has 0 bridgehead atoms. The van der Waals surface area contributed by atoms with Gasteiger partial charge in [-0.3, -0.25) is 0 Å². The van der Waals surface area contributed by atoms with Gasteiger partial charge in [-0.1, -0.05) is 12.1 Å². The van der Waals surface area contributed by atoms with Crippen molar-refractivity contribution in [3.05, 3.63) is 29.8 Å². The Hall–Kier alpha value is -1.75. The lowest BCUT2D eigenvalue weighted by Crippen LogP contribution is -2.50. The van der Waals surface area contributed by atoms with Crippen molar-refractivity contribution in [2.24, 2.45) is 0 Å². The first kappa shape index (κ1) is 15.3. The van der Waals surface area contributed by atoms with Crippen LogP contribution in [-0.4, -0.2) is 29.9 Å². The summed E-state index contributed by atoms with van der Waals surface area (Å²) in [5.74, 6) is 0.817. The van der Waals surface area contributed by atoms with Gasteiger partial charge in [0, 0.05) is 6.54 Å². The molecule has 0 atom stereocenters. The zero-order chi connectivity index (χ0) is 14.3. The van der Waals surface area contributed by atoms with Crippen LogP contribution in [0.5, 0.6) is 5.75 Å². The van der Waals surface area contributed by atoms with Crippen molar-refractivity contribution >= 4 is 6.03 Å². The summed E-state index contributed by atoms with van der Waals surface area (Å²) in [5, 5.41) is 14.5. The van der Waals surface area contributed by atoms with Gasteiger partial charge in [0.25, 0.3) is 0 Å². The lowest BCUT2D eigenvalue weighted by Gasteiger charge is -2.23. The molecule has 1 rings (SSSR count). The van der Waals surface area contributed by atoms with Crippen molar-refractivity contribution in [3.8, 4) is 5.75 Å². The number of benzene rings is 1. The molecule has 106 valence electrons. The van der Waals surface area contributed by atoms with Crippen LogP contribution in [0.1, 0.15) is 26.3 Å². The Labute approximate surface area is 114 Å². The minimum atomic E-state index is -0.622. The first-order chi connectivity index (χ1) is 8.96. The summed E-state index contributed by atoms with van der Waals surface area (Å²) in [4.78, 5) is 11.6. The maximum atomic E-state index is 11.6. The fourth-order valence-electron chi connectivity index (χ4n) is 1.44. The molecule has 0 radical (unpaired) electrons. The predicted octanol–water partition coefficient (Wildman–Crippen LogP) is 1.66. The molecule has 0 saturated carbocycles. The van der Waals surface area contributed by atoms with E-state index in [-0.39, 0.29) is 12.6 Å². The smallest absolute Gasteiger partial charge is 0.315 e. The Bertz CT molecular complexity index is 402. The van der Waals surface area contributed by atoms with E-state index in [1.54, 1.807) is 13.8 Å². The van der Waals surface area contributed by atoms with Crippen LogP contribution in [-0.2, 0) is 6.54 Å². The number of urea groups is 1. The number of carbonyl (C=O) groups is 1. The summed E-state index contributed by atoms with van der Waals surface area (Å²) < 4.78 is 5.34. The lowest BCUT2D eigenvalue weighted by atomic mass is 10.1. The van der Waals surface area contributed by atoms with E-state index in [2.05, 4.69) is 10.6 Å². The summed E-state index contributed by atoms with van der Waals surface area (Å²) in [6, 6.07) is 7.25. The molecule has 2 amide bonds. The normalized spacial score (nSPS) is 10.9. The number of carbonyl (C=O) groups excluding carboxylic acids is 1. The fourth-order valence-corrected chi connectivity index (χ4v) is 1.44. The molecule has 5 nitrogen and oxygen atoms in total. The zero-order valence-corrected chi connectivity index (χ0v) is 11.7. The number of hydrogen-bond donors (Lipinski definition) is 3. The van der Waals surface area contributed by atoms with Gasteiger partial charge in [0.15, 0.2) is 0 Å². The van der Waals surface area contributed by atoms with Gasteiger partial charge in [-0.2, -0.15) is 0 Å². The first-order valence-electron chi connectivity index (χ1n) is 6.35. The van der Waals surface area contributed by atoms with Gasteiger partial charge in [-0.25, -0.2) is 4.79 Å². The molecule has 0 spiro atoms. The van der Waals surface area contributed by atoms with Gasteiger partial charge in [-0.15, -0.1) is 0 Å². The number of ether oxygens (including phenoxy) is 1. The number of hydrogen-bond acceptors (Lipinski definition) is 3. The molecule has 0 heterocycles. The van der Waals surface area contributed by atoms with Crippen LogP contribution in [0.15, 0.2) is 24.3 Å². The van der Waals surface area contributed by atoms with E-state index in [9.17, 15) is 4.79 Å². The summed E-state index contributed by atoms with van der Waals surface area (Å²) in [6.45, 7) is 6.40. The molecule has 1 aromatic rings. The van der Waals surface area contributed by atoms with Crippen molar-refractivity contribution in [3.63, 3.8) is 0 Å². The zero-order valence-electron chi connectivity index (χ0n) is 11.7. The third-order valence-corrected chi connectivity index (χ3v) is 2.53. The highest BCUT2D eigenvalue weighted by Gasteiger charge is 2.18. The van der Waals surface area contributed by atoms with Gasteiger partial charge in [0.1, 0.15) is 5.75 Å². The SMILES string of the molecule is CCOc1ccc(CNC(=O)NC(C)(C)CO)cc1. The lowest BCUT2D eigenvalue weighted by molar-refractivity contribution is 0.182. The second-order valence-electron chi connectivity index (χ2n) is 4.93. The highest BCUT2D eigenvalue weighted by atomic mass is 16.5. The maximum absolute atomic E-state index is 11.6. The second kappa shape index (κ2) is 6.99. The molecule has 0 fully saturated rings. The average molecular weight is 266 g/mol. The maximum Gasteiger partial charge on any atom is 0.315 e. The van der Waals surface area contributed by atoms with Crippen LogP contribution in [0.3, 0.4) is 0 Å². The molecular weight excluding hydrogens is 244 g/mol. The van der Waals surface area contributed by atoms with Gasteiger partial charge >= 0.3 is 6.03 Å². The Morgan fingerprint density at radius 2 is 1.95 bits per heavy atom. The molecule has 19 heavy (non-hydrogen) atoms. The summed E-state index contributed by atoms with van der Waals surface area (Å²) in [7, 11) is 0. The summed E-state index contributed by atoms with van der Waals surface area (Å²) in [5.41, 5.74) is 0.364. The molecule has 0 unspecified atom stereocenters. The largest absolute Gasteiger partial charge is 0.494 e. The topological polar surface area (TPSA) is 70.6 Å². The van der Waals surface area contributed by atoms with Gasteiger partial charge in [0.2, 0.25) is 0 Å². The molecule has 0 aliphatic heterocycles. The molecule has 0 aliphatic rings. The first-order valence-corrected chi connectivity index (χ1v) is 6.35. The number of nitrogens with one attached hydrogen (secondary N) is 2. The minimum Gasteiger partial charge on any atom is -0.494 e. The van der Waals surface area contributed by atoms with Crippen molar-refractivity contribution < 1.29 is 14.6 Å². The van der Waals surface area contributed by atoms with Crippen molar-refractivity contribution in [1.82, 2.24) is 10.6 Å². The van der Waals surface area contributed by atoms with Crippen LogP contribution < -0.4 is 15.4 Å². The standard InChI is InChI=1S/C14H22N2O3/c1-4-19-12-7-5-11(6-8-12)9-15-13(18)16-14(2,3)10-17/h5-8,17H,4,9-10H2,1-3H3,(H2,15,16,18). The van der Waals surface area contributed by atoms with E-state index in [0.717, 1.165) is 11.3 Å². The third-order valence-electron chi connectivity index (χ3n) is 2.53. The Kier molecular flexibility index (Phi) is 5.63. The third kappa shape index (κ3) is 5.61. The monoisotopic (exact) mass is 266 g/mol. The van der Waals surface area contributed by atoms with Gasteiger partial charge in [-0.05, 0) is 38.5 Å². The molecule has 0 saturated heterocycles. The quantitative estimate of drug-likeness (QED) is 0.733. The minimum absolute atomic E-state index is 0.108. The van der Waals surface area contributed by atoms with Crippen molar-refractivity contribution in [1.29, 1.82) is 0 Å². The number of rotatable bonds is 6. The molecule has 1 aromatic carbocycles. The van der Waals surface area contributed by atoms with Crippen molar-refractivity contribution in [2.45, 2.75) is 32.9 Å². The van der Waals surface area contributed by atoms with Gasteiger partial charge in [0.05, 0.1) is 18.8 Å². The van der Waals surface area contributed by atoms with E-state index < -0.39 is 5.54 Å². The van der Waals surface area contributed by atoms with E-state index in [1.165, 1.54) is 0 Å². The molecule has 0 aliphatic carbocycles. The molecular formula is C14H22N2O3. The summed E-state index contributed by atoms with van der Waals surface area (Å²) >= 11 is 0. The highest BCUT2D eigenvalue weighted by Crippen LogP contribution is 2.11. The average Bonchev–Trinajstić information content (AvgIpc) is 2.38. The molecule has 0 aromatic heterocycles. The molecule has 5 heteroatoms. The van der Waals surface area contributed by atoms with Crippen LogP contribution in [0.4, 0.5) is 4.79 Å². The van der Waals surface area contributed by atoms with Crippen LogP contribution in [0, 0.1) is 0 Å². The Morgan fingerprint density at radius 1 is 1.32 bits per heavy atom. The Balaban J connectivity index is 2.42. The summed E-state index contributed by atoms with van der Waals surface area (Å²) in [6.07, 6.45) is 0. The van der Waals surface area contributed by atoms with E-state index in [0.29, 0.717) is 13.2 Å². The van der Waals surface area contributed by atoms with Crippen molar-refractivity contribution in [2.75, 3.05) is 13.2 Å². The van der Waals surface area contributed by atoms with E-state index in [1.807, 2.05) is 31.2 Å².